The first-order chi connectivity index (χ1) is 14.5. The number of nitrogens with one attached hydrogen (secondary N) is 3. The van der Waals surface area contributed by atoms with E-state index in [0.717, 1.165) is 17.0 Å². The van der Waals surface area contributed by atoms with Crippen molar-refractivity contribution in [3.8, 4) is 0 Å². The van der Waals surface area contributed by atoms with Crippen molar-refractivity contribution in [3.05, 3.63) is 36.2 Å². The molecule has 0 aliphatic heterocycles. The van der Waals surface area contributed by atoms with Gasteiger partial charge in [-0.25, -0.2) is 5.10 Å². The van der Waals surface area contributed by atoms with Crippen LogP contribution in [0.1, 0.15) is 18.9 Å². The van der Waals surface area contributed by atoms with Crippen LogP contribution in [-0.2, 0) is 11.2 Å². The van der Waals surface area contributed by atoms with E-state index >= 15 is 0 Å². The zero-order valence-electron chi connectivity index (χ0n) is 17.2. The number of anilines is 3. The van der Waals surface area contributed by atoms with Crippen LogP contribution in [0.25, 0.3) is 0 Å². The van der Waals surface area contributed by atoms with Gasteiger partial charge in [0.05, 0.1) is 0 Å². The Morgan fingerprint density at radius 1 is 1.13 bits per heavy atom. The standard InChI is InChI=1S/C19H25N9OS/c1-4-14(29)11-13-5-7-15(8-6-13)30-19-25-16(20-9-10-28(2)3)23-18(26-19)24-17-21-12-22-27-17/h5-8,12H,4,9-11H2,1-3H3,(H3,20,21,22,23,24,25,26,27). The largest absolute Gasteiger partial charge is 0.353 e. The number of H-pyrrole nitrogens is 1. The van der Waals surface area contributed by atoms with Gasteiger partial charge in [0.2, 0.25) is 17.8 Å². The van der Waals surface area contributed by atoms with Crippen molar-refractivity contribution in [2.24, 2.45) is 0 Å². The van der Waals surface area contributed by atoms with E-state index in [1.165, 1.54) is 18.1 Å². The summed E-state index contributed by atoms with van der Waals surface area (Å²) in [4.78, 5) is 32.1. The SMILES string of the molecule is CCC(=O)Cc1ccc(Sc2nc(NCCN(C)C)nc(Nc3ncn[nH]3)n2)cc1. The van der Waals surface area contributed by atoms with Gasteiger partial charge in [0.1, 0.15) is 12.1 Å². The van der Waals surface area contributed by atoms with E-state index < -0.39 is 0 Å². The second-order valence-corrected chi connectivity index (χ2v) is 7.81. The number of hydrogen-bond donors (Lipinski definition) is 3. The number of hydrogen-bond acceptors (Lipinski definition) is 10. The molecule has 2 heterocycles. The number of carbonyl (C=O) groups is 1. The number of rotatable bonds is 11. The van der Waals surface area contributed by atoms with Crippen LogP contribution in [0.15, 0.2) is 40.6 Å². The Balaban J connectivity index is 1.75. The summed E-state index contributed by atoms with van der Waals surface area (Å²) >= 11 is 1.42. The number of ketones is 1. The molecule has 3 aromatic rings. The Morgan fingerprint density at radius 2 is 1.90 bits per heavy atom. The van der Waals surface area contributed by atoms with E-state index in [2.05, 4.69) is 45.7 Å². The predicted molar refractivity (Wildman–Crippen MR) is 116 cm³/mol. The summed E-state index contributed by atoms with van der Waals surface area (Å²) in [6.45, 7) is 3.42. The maximum atomic E-state index is 11.6. The molecule has 0 saturated carbocycles. The molecule has 0 saturated heterocycles. The molecule has 0 bridgehead atoms. The quantitative estimate of drug-likeness (QED) is 0.420. The van der Waals surface area contributed by atoms with E-state index in [9.17, 15) is 4.79 Å². The van der Waals surface area contributed by atoms with Crippen molar-refractivity contribution >= 4 is 35.4 Å². The highest BCUT2D eigenvalue weighted by molar-refractivity contribution is 7.99. The van der Waals surface area contributed by atoms with E-state index in [0.29, 0.717) is 42.4 Å². The highest BCUT2D eigenvalue weighted by Crippen LogP contribution is 2.26. The van der Waals surface area contributed by atoms with E-state index in [4.69, 9.17) is 0 Å². The first-order valence-electron chi connectivity index (χ1n) is 9.57. The van der Waals surface area contributed by atoms with Crippen LogP contribution in [-0.4, -0.2) is 68.0 Å². The summed E-state index contributed by atoms with van der Waals surface area (Å²) in [7, 11) is 4.01. The third-order valence-electron chi connectivity index (χ3n) is 4.03. The first kappa shape index (κ1) is 21.7. The van der Waals surface area contributed by atoms with Crippen molar-refractivity contribution in [2.45, 2.75) is 29.8 Å². The predicted octanol–water partition coefficient (Wildman–Crippen LogP) is 2.38. The number of aromatic amines is 1. The van der Waals surface area contributed by atoms with Crippen molar-refractivity contribution < 1.29 is 4.79 Å². The second kappa shape index (κ2) is 10.6. The fourth-order valence-electron chi connectivity index (χ4n) is 2.43. The average Bonchev–Trinajstić information content (AvgIpc) is 3.22. The van der Waals surface area contributed by atoms with Gasteiger partial charge in [0.25, 0.3) is 0 Å². The van der Waals surface area contributed by atoms with Crippen molar-refractivity contribution in [2.75, 3.05) is 37.8 Å². The van der Waals surface area contributed by atoms with Crippen LogP contribution in [0, 0.1) is 0 Å². The Morgan fingerprint density at radius 3 is 2.57 bits per heavy atom. The van der Waals surface area contributed by atoms with Crippen LogP contribution < -0.4 is 10.6 Å². The van der Waals surface area contributed by atoms with Gasteiger partial charge in [-0.3, -0.25) is 10.1 Å². The van der Waals surface area contributed by atoms with Gasteiger partial charge in [-0.2, -0.15) is 25.0 Å². The third-order valence-corrected chi connectivity index (χ3v) is 4.90. The molecule has 0 amide bonds. The molecule has 0 unspecified atom stereocenters. The van der Waals surface area contributed by atoms with Crippen molar-refractivity contribution in [3.63, 3.8) is 0 Å². The lowest BCUT2D eigenvalue weighted by Gasteiger charge is -2.12. The number of Topliss-reactive ketones (excluding diaryl/α,β-unsaturated/α-hetero) is 1. The fraction of sp³-hybridized carbons (Fsp3) is 0.368. The molecule has 0 spiro atoms. The minimum absolute atomic E-state index is 0.226. The highest BCUT2D eigenvalue weighted by atomic mass is 32.2. The molecule has 0 atom stereocenters. The number of carbonyl (C=O) groups excluding carboxylic acids is 1. The summed E-state index contributed by atoms with van der Waals surface area (Å²) < 4.78 is 0. The van der Waals surface area contributed by atoms with Gasteiger partial charge in [-0.1, -0.05) is 19.1 Å². The number of nitrogens with zero attached hydrogens (tertiary/aromatic N) is 6. The summed E-state index contributed by atoms with van der Waals surface area (Å²) in [5.74, 6) is 1.51. The van der Waals surface area contributed by atoms with Gasteiger partial charge in [0.15, 0.2) is 5.16 Å². The molecule has 1 aromatic carbocycles. The Kier molecular flexibility index (Phi) is 7.69. The monoisotopic (exact) mass is 427 g/mol. The van der Waals surface area contributed by atoms with Gasteiger partial charge in [0, 0.05) is 30.8 Å². The molecular formula is C19H25N9OS. The van der Waals surface area contributed by atoms with E-state index in [-0.39, 0.29) is 5.78 Å². The Hall–Kier alpha value is -3.05. The number of likely N-dealkylation sites (N-methyl/N-ethyl adjacent to an activating group) is 1. The third kappa shape index (κ3) is 6.78. The van der Waals surface area contributed by atoms with Gasteiger partial charge in [-0.15, -0.1) is 0 Å². The molecule has 0 aliphatic rings. The maximum Gasteiger partial charge on any atom is 0.235 e. The molecule has 158 valence electrons. The van der Waals surface area contributed by atoms with Gasteiger partial charge in [-0.05, 0) is 43.6 Å². The lowest BCUT2D eigenvalue weighted by Crippen LogP contribution is -2.21. The van der Waals surface area contributed by atoms with Crippen LogP contribution >= 0.6 is 11.8 Å². The molecule has 3 N–H and O–H groups in total. The molecular weight excluding hydrogens is 402 g/mol. The fourth-order valence-corrected chi connectivity index (χ4v) is 3.18. The summed E-state index contributed by atoms with van der Waals surface area (Å²) in [5, 5.41) is 13.3. The Labute approximate surface area is 179 Å². The molecule has 0 fully saturated rings. The van der Waals surface area contributed by atoms with Gasteiger partial charge >= 0.3 is 0 Å². The maximum absolute atomic E-state index is 11.6. The zero-order chi connectivity index (χ0) is 21.3. The first-order valence-corrected chi connectivity index (χ1v) is 10.4. The summed E-state index contributed by atoms with van der Waals surface area (Å²) in [5.41, 5.74) is 1.00. The number of benzene rings is 1. The molecule has 10 nitrogen and oxygen atoms in total. The molecule has 11 heteroatoms. The minimum atomic E-state index is 0.226. The molecule has 30 heavy (non-hydrogen) atoms. The van der Waals surface area contributed by atoms with Crippen LogP contribution in [0.2, 0.25) is 0 Å². The smallest absolute Gasteiger partial charge is 0.235 e. The lowest BCUT2D eigenvalue weighted by atomic mass is 10.1. The minimum Gasteiger partial charge on any atom is -0.353 e. The Bertz CT molecular complexity index is 945. The summed E-state index contributed by atoms with van der Waals surface area (Å²) in [6.07, 6.45) is 2.41. The van der Waals surface area contributed by atoms with E-state index in [1.807, 2.05) is 45.3 Å². The molecule has 2 aromatic heterocycles. The van der Waals surface area contributed by atoms with E-state index in [1.54, 1.807) is 0 Å². The van der Waals surface area contributed by atoms with Crippen LogP contribution in [0.4, 0.5) is 17.8 Å². The normalized spacial score (nSPS) is 10.9. The van der Waals surface area contributed by atoms with Crippen molar-refractivity contribution in [1.29, 1.82) is 0 Å². The summed E-state index contributed by atoms with van der Waals surface area (Å²) in [6, 6.07) is 7.85. The van der Waals surface area contributed by atoms with Crippen LogP contribution in [0.3, 0.4) is 0 Å². The highest BCUT2D eigenvalue weighted by Gasteiger charge is 2.10. The molecule has 0 aliphatic carbocycles. The molecule has 0 radical (unpaired) electrons. The second-order valence-electron chi connectivity index (χ2n) is 6.77. The average molecular weight is 428 g/mol. The lowest BCUT2D eigenvalue weighted by molar-refractivity contribution is -0.118. The zero-order valence-corrected chi connectivity index (χ0v) is 18.0. The number of aromatic nitrogens is 6. The topological polar surface area (TPSA) is 125 Å². The molecule has 3 rings (SSSR count). The van der Waals surface area contributed by atoms with Crippen molar-refractivity contribution in [1.82, 2.24) is 35.0 Å². The van der Waals surface area contributed by atoms with Gasteiger partial charge < -0.3 is 10.2 Å². The van der Waals surface area contributed by atoms with Crippen LogP contribution in [0.5, 0.6) is 0 Å².